The lowest BCUT2D eigenvalue weighted by molar-refractivity contribution is -0.384. The van der Waals surface area contributed by atoms with E-state index in [4.69, 9.17) is 14.3 Å². The summed E-state index contributed by atoms with van der Waals surface area (Å²) in [6.07, 6.45) is 1.86. The van der Waals surface area contributed by atoms with E-state index in [0.29, 0.717) is 10.6 Å². The molecule has 32 heavy (non-hydrogen) atoms. The third-order valence-corrected chi connectivity index (χ3v) is 5.51. The zero-order valence-electron chi connectivity index (χ0n) is 17.3. The molecule has 13 heteroatoms. The third-order valence-electron chi connectivity index (χ3n) is 3.99. The largest absolute Gasteiger partial charge is 0.465 e. The molecule has 2 aromatic rings. The number of esters is 1. The van der Waals surface area contributed by atoms with Crippen molar-refractivity contribution in [2.24, 2.45) is 0 Å². The number of hydrogen-bond acceptors (Lipinski definition) is 8. The van der Waals surface area contributed by atoms with Crippen LogP contribution >= 0.6 is 19.5 Å². The molecule has 0 heterocycles. The fourth-order valence-electron chi connectivity index (χ4n) is 2.56. The quantitative estimate of drug-likeness (QED) is 0.195. The van der Waals surface area contributed by atoms with Crippen molar-refractivity contribution in [2.45, 2.75) is 19.4 Å². The van der Waals surface area contributed by atoms with Gasteiger partial charge in [-0.05, 0) is 54.5 Å². The zero-order chi connectivity index (χ0) is 23.7. The maximum Gasteiger partial charge on any atom is 0.436 e. The third kappa shape index (κ3) is 7.21. The van der Waals surface area contributed by atoms with Crippen LogP contribution in [0.4, 0.5) is 5.69 Å². The number of carbonyl (C=O) groups is 1. The van der Waals surface area contributed by atoms with Gasteiger partial charge in [-0.15, -0.1) is 0 Å². The molecule has 0 aromatic heterocycles. The number of hydroxylamine groups is 1. The summed E-state index contributed by atoms with van der Waals surface area (Å²) < 4.78 is 22.8. The van der Waals surface area contributed by atoms with Crippen LogP contribution in [0.1, 0.15) is 13.3 Å². The van der Waals surface area contributed by atoms with Crippen molar-refractivity contribution >= 4 is 31.2 Å². The molecule has 0 saturated heterocycles. The van der Waals surface area contributed by atoms with Gasteiger partial charge in [-0.3, -0.25) is 14.9 Å². The fraction of sp³-hybridized carbons (Fsp3) is 0.316. The van der Waals surface area contributed by atoms with Crippen molar-refractivity contribution in [3.63, 3.8) is 0 Å². The first-order valence-corrected chi connectivity index (χ1v) is 12.3. The SMILES string of the molecule is CCOC(=O)[C@H](CCSC)N(Oc1ccccc1Oc1ccc([N+](=O)[O-])cc1)P(=O)(O)O. The molecule has 0 unspecified atom stereocenters. The Hall–Kier alpha value is -2.63. The lowest BCUT2D eigenvalue weighted by Crippen LogP contribution is -2.42. The van der Waals surface area contributed by atoms with Crippen LogP contribution in [-0.4, -0.2) is 50.2 Å². The highest BCUT2D eigenvalue weighted by molar-refractivity contribution is 7.98. The lowest BCUT2D eigenvalue weighted by atomic mass is 10.2. The second kappa shape index (κ2) is 11.8. The van der Waals surface area contributed by atoms with E-state index in [1.807, 2.05) is 0 Å². The Labute approximate surface area is 188 Å². The van der Waals surface area contributed by atoms with Crippen LogP contribution in [0.2, 0.25) is 0 Å². The van der Waals surface area contributed by atoms with E-state index < -0.39 is 24.7 Å². The maximum absolute atomic E-state index is 12.4. The van der Waals surface area contributed by atoms with E-state index in [1.54, 1.807) is 25.3 Å². The van der Waals surface area contributed by atoms with Crippen molar-refractivity contribution in [2.75, 3.05) is 18.6 Å². The highest BCUT2D eigenvalue weighted by Crippen LogP contribution is 2.45. The molecule has 2 rings (SSSR count). The minimum atomic E-state index is -5.06. The molecular weight excluding hydrogens is 463 g/mol. The topological polar surface area (TPSA) is 149 Å². The average molecular weight is 486 g/mol. The summed E-state index contributed by atoms with van der Waals surface area (Å²) in [5, 5.41) is 10.8. The van der Waals surface area contributed by atoms with Crippen molar-refractivity contribution in [3.8, 4) is 17.2 Å². The summed E-state index contributed by atoms with van der Waals surface area (Å²) in [7, 11) is -5.06. The Morgan fingerprint density at radius 3 is 2.34 bits per heavy atom. The van der Waals surface area contributed by atoms with Gasteiger partial charge in [-0.1, -0.05) is 12.1 Å². The highest BCUT2D eigenvalue weighted by Gasteiger charge is 2.41. The summed E-state index contributed by atoms with van der Waals surface area (Å²) in [5.41, 5.74) is -0.124. The van der Waals surface area contributed by atoms with Crippen LogP contribution in [-0.2, 0) is 14.1 Å². The van der Waals surface area contributed by atoms with E-state index in [2.05, 4.69) is 0 Å². The van der Waals surface area contributed by atoms with Gasteiger partial charge >= 0.3 is 13.7 Å². The Bertz CT molecular complexity index is 968. The summed E-state index contributed by atoms with van der Waals surface area (Å²) in [5.74, 6) is -0.179. The smallest absolute Gasteiger partial charge is 0.436 e. The van der Waals surface area contributed by atoms with Gasteiger partial charge in [0.05, 0.1) is 11.5 Å². The summed E-state index contributed by atoms with van der Waals surface area (Å²) in [6, 6.07) is 9.92. The van der Waals surface area contributed by atoms with Crippen LogP contribution in [0.25, 0.3) is 0 Å². The molecule has 11 nitrogen and oxygen atoms in total. The van der Waals surface area contributed by atoms with Gasteiger partial charge in [-0.2, -0.15) is 11.8 Å². The van der Waals surface area contributed by atoms with E-state index in [1.165, 1.54) is 48.2 Å². The van der Waals surface area contributed by atoms with Gasteiger partial charge in [0.15, 0.2) is 17.5 Å². The molecule has 0 amide bonds. The molecule has 0 aliphatic rings. The Morgan fingerprint density at radius 2 is 1.81 bits per heavy atom. The Balaban J connectivity index is 2.34. The number of nitro benzene ring substituents is 1. The molecule has 0 spiro atoms. The first-order valence-electron chi connectivity index (χ1n) is 9.37. The first kappa shape index (κ1) is 25.6. The van der Waals surface area contributed by atoms with E-state index >= 15 is 0 Å². The van der Waals surface area contributed by atoms with Gasteiger partial charge in [0.25, 0.3) is 5.69 Å². The van der Waals surface area contributed by atoms with Gasteiger partial charge < -0.3 is 24.1 Å². The van der Waals surface area contributed by atoms with Crippen LogP contribution in [0, 0.1) is 10.1 Å². The summed E-state index contributed by atoms with van der Waals surface area (Å²) >= 11 is 1.39. The minimum absolute atomic E-state index is 0.0312. The van der Waals surface area contributed by atoms with Crippen molar-refractivity contribution in [1.29, 1.82) is 0 Å². The monoisotopic (exact) mass is 486 g/mol. The Morgan fingerprint density at radius 1 is 1.19 bits per heavy atom. The number of ether oxygens (including phenoxy) is 2. The van der Waals surface area contributed by atoms with Gasteiger partial charge in [-0.25, -0.2) is 4.57 Å². The molecule has 2 N–H and O–H groups in total. The number of para-hydroxylation sites is 2. The molecule has 0 fully saturated rings. The number of nitro groups is 1. The average Bonchev–Trinajstić information content (AvgIpc) is 2.74. The van der Waals surface area contributed by atoms with Crippen LogP contribution in [0.15, 0.2) is 48.5 Å². The number of carbonyl (C=O) groups excluding carboxylic acids is 1. The van der Waals surface area contributed by atoms with Crippen molar-refractivity contribution in [3.05, 3.63) is 58.6 Å². The number of thioether (sulfide) groups is 1. The molecule has 174 valence electrons. The number of nitrogens with zero attached hydrogens (tertiary/aromatic N) is 2. The van der Waals surface area contributed by atoms with Crippen molar-refractivity contribution < 1.29 is 38.4 Å². The summed E-state index contributed by atoms with van der Waals surface area (Å²) in [4.78, 5) is 48.2. The molecule has 0 saturated carbocycles. The molecule has 1 atom stereocenters. The second-order valence-electron chi connectivity index (χ2n) is 6.26. The minimum Gasteiger partial charge on any atom is -0.465 e. The van der Waals surface area contributed by atoms with Crippen LogP contribution < -0.4 is 9.57 Å². The van der Waals surface area contributed by atoms with Crippen LogP contribution in [0.3, 0.4) is 0 Å². The van der Waals surface area contributed by atoms with E-state index in [0.717, 1.165) is 0 Å². The van der Waals surface area contributed by atoms with Crippen molar-refractivity contribution in [1.82, 2.24) is 4.83 Å². The molecule has 0 bridgehead atoms. The maximum atomic E-state index is 12.4. The lowest BCUT2D eigenvalue weighted by Gasteiger charge is -2.29. The Kier molecular flexibility index (Phi) is 9.48. The molecule has 2 aromatic carbocycles. The van der Waals surface area contributed by atoms with Crippen LogP contribution in [0.5, 0.6) is 17.2 Å². The fourth-order valence-corrected chi connectivity index (χ4v) is 3.78. The molecule has 0 aliphatic carbocycles. The normalized spacial score (nSPS) is 12.3. The van der Waals surface area contributed by atoms with Gasteiger partial charge in [0, 0.05) is 12.1 Å². The van der Waals surface area contributed by atoms with E-state index in [9.17, 15) is 29.3 Å². The summed E-state index contributed by atoms with van der Waals surface area (Å²) in [6.45, 7) is 1.61. The first-order chi connectivity index (χ1) is 15.2. The standard InChI is InChI=1S/C19H23N2O9PS/c1-3-28-19(22)16(12-13-32-2)21(31(25,26)27)30-18-7-5-4-6-17(18)29-15-10-8-14(9-11-15)20(23)24/h4-11,16H,3,12-13H2,1-2H3,(H2,25,26,27)/t16-/m0/s1. The van der Waals surface area contributed by atoms with E-state index in [-0.39, 0.29) is 36.0 Å². The number of hydrogen-bond donors (Lipinski definition) is 2. The highest BCUT2D eigenvalue weighted by atomic mass is 32.2. The second-order valence-corrected chi connectivity index (χ2v) is 8.66. The number of benzene rings is 2. The predicted molar refractivity (Wildman–Crippen MR) is 118 cm³/mol. The molecule has 0 radical (unpaired) electrons. The number of non-ortho nitro benzene ring substituents is 1. The molecule has 0 aliphatic heterocycles. The van der Waals surface area contributed by atoms with Gasteiger partial charge in [0.2, 0.25) is 0 Å². The molecular formula is C19H23N2O9PS. The zero-order valence-corrected chi connectivity index (χ0v) is 19.0. The van der Waals surface area contributed by atoms with Gasteiger partial charge in [0.1, 0.15) is 5.75 Å². The predicted octanol–water partition coefficient (Wildman–Crippen LogP) is 3.76. The number of rotatable bonds is 12.